The van der Waals surface area contributed by atoms with Crippen molar-refractivity contribution < 1.29 is 9.59 Å². The first-order valence-electron chi connectivity index (χ1n) is 8.96. The summed E-state index contributed by atoms with van der Waals surface area (Å²) in [6, 6.07) is 8.35. The molecule has 4 nitrogen and oxygen atoms in total. The number of hydrogen-bond donors (Lipinski definition) is 0. The summed E-state index contributed by atoms with van der Waals surface area (Å²) in [5.41, 5.74) is 2.46. The molecule has 0 unspecified atom stereocenters. The van der Waals surface area contributed by atoms with Gasteiger partial charge in [-0.15, -0.1) is 0 Å². The summed E-state index contributed by atoms with van der Waals surface area (Å²) >= 11 is 0. The molecule has 0 aromatic heterocycles. The zero-order valence-corrected chi connectivity index (χ0v) is 15.5. The summed E-state index contributed by atoms with van der Waals surface area (Å²) in [7, 11) is 0. The van der Waals surface area contributed by atoms with E-state index < -0.39 is 0 Å². The highest BCUT2D eigenvalue weighted by molar-refractivity contribution is 5.79. The summed E-state index contributed by atoms with van der Waals surface area (Å²) < 4.78 is 0. The summed E-state index contributed by atoms with van der Waals surface area (Å²) in [6.45, 7) is 11.3. The molecule has 1 aromatic carbocycles. The van der Waals surface area contributed by atoms with Gasteiger partial charge in [0.1, 0.15) is 0 Å². The van der Waals surface area contributed by atoms with Crippen LogP contribution in [-0.2, 0) is 21.4 Å². The van der Waals surface area contributed by atoms with E-state index in [1.54, 1.807) is 0 Å². The Morgan fingerprint density at radius 1 is 0.917 bits per heavy atom. The second-order valence-corrected chi connectivity index (χ2v) is 7.59. The van der Waals surface area contributed by atoms with Crippen LogP contribution in [0, 0.1) is 0 Å². The summed E-state index contributed by atoms with van der Waals surface area (Å²) in [5, 5.41) is 0. The van der Waals surface area contributed by atoms with E-state index in [4.69, 9.17) is 0 Å². The third-order valence-electron chi connectivity index (χ3n) is 4.68. The van der Waals surface area contributed by atoms with Crippen LogP contribution in [0.25, 0.3) is 0 Å². The van der Waals surface area contributed by atoms with Crippen molar-refractivity contribution in [2.45, 2.75) is 52.4 Å². The highest BCUT2D eigenvalue weighted by atomic mass is 16.2. The van der Waals surface area contributed by atoms with Gasteiger partial charge in [-0.1, -0.05) is 52.0 Å². The molecule has 1 saturated heterocycles. The Morgan fingerprint density at radius 3 is 1.96 bits per heavy atom. The topological polar surface area (TPSA) is 40.6 Å². The van der Waals surface area contributed by atoms with Crippen molar-refractivity contribution in [1.82, 2.24) is 9.80 Å². The van der Waals surface area contributed by atoms with Crippen LogP contribution in [0.3, 0.4) is 0 Å². The Hall–Kier alpha value is -1.84. The molecule has 0 radical (unpaired) electrons. The molecule has 1 aliphatic heterocycles. The van der Waals surface area contributed by atoms with Crippen LogP contribution >= 0.6 is 0 Å². The average molecular weight is 330 g/mol. The number of hydrogen-bond acceptors (Lipinski definition) is 2. The SMILES string of the molecule is CCC(=O)N1CCCN(C(=O)Cc2ccc(C(C)(C)C)cc2)CC1. The maximum Gasteiger partial charge on any atom is 0.227 e. The van der Waals surface area contributed by atoms with Gasteiger partial charge in [0.2, 0.25) is 11.8 Å². The van der Waals surface area contributed by atoms with Crippen molar-refractivity contribution in [1.29, 1.82) is 0 Å². The van der Waals surface area contributed by atoms with Gasteiger partial charge in [-0.2, -0.15) is 0 Å². The molecule has 2 rings (SSSR count). The maximum absolute atomic E-state index is 12.6. The van der Waals surface area contributed by atoms with Gasteiger partial charge in [0.15, 0.2) is 0 Å². The van der Waals surface area contributed by atoms with Crippen molar-refractivity contribution in [3.8, 4) is 0 Å². The molecule has 1 aromatic rings. The van der Waals surface area contributed by atoms with E-state index in [0.717, 1.165) is 25.1 Å². The van der Waals surface area contributed by atoms with Crippen LogP contribution < -0.4 is 0 Å². The monoisotopic (exact) mass is 330 g/mol. The Bertz CT molecular complexity index is 572. The molecule has 0 atom stereocenters. The Balaban J connectivity index is 1.93. The van der Waals surface area contributed by atoms with Crippen LogP contribution in [-0.4, -0.2) is 47.8 Å². The van der Waals surface area contributed by atoms with Gasteiger partial charge in [0, 0.05) is 32.6 Å². The first-order valence-corrected chi connectivity index (χ1v) is 8.96. The lowest BCUT2D eigenvalue weighted by Crippen LogP contribution is -2.37. The minimum absolute atomic E-state index is 0.128. The molecule has 0 bridgehead atoms. The second-order valence-electron chi connectivity index (χ2n) is 7.59. The summed E-state index contributed by atoms with van der Waals surface area (Å²) in [5.74, 6) is 0.339. The molecule has 1 aliphatic rings. The molecule has 4 heteroatoms. The number of carbonyl (C=O) groups is 2. The fraction of sp³-hybridized carbons (Fsp3) is 0.600. The molecule has 0 spiro atoms. The minimum Gasteiger partial charge on any atom is -0.341 e. The van der Waals surface area contributed by atoms with Crippen LogP contribution in [0.4, 0.5) is 0 Å². The zero-order valence-electron chi connectivity index (χ0n) is 15.5. The molecular weight excluding hydrogens is 300 g/mol. The van der Waals surface area contributed by atoms with Crippen LogP contribution in [0.15, 0.2) is 24.3 Å². The smallest absolute Gasteiger partial charge is 0.227 e. The van der Waals surface area contributed by atoms with E-state index in [1.165, 1.54) is 5.56 Å². The molecule has 0 saturated carbocycles. The lowest BCUT2D eigenvalue weighted by Gasteiger charge is -2.22. The number of amides is 2. The van der Waals surface area contributed by atoms with E-state index in [-0.39, 0.29) is 17.2 Å². The van der Waals surface area contributed by atoms with Crippen molar-refractivity contribution in [3.05, 3.63) is 35.4 Å². The highest BCUT2D eigenvalue weighted by Crippen LogP contribution is 2.22. The molecule has 0 N–H and O–H groups in total. The second kappa shape index (κ2) is 7.82. The van der Waals surface area contributed by atoms with Crippen molar-refractivity contribution in [2.24, 2.45) is 0 Å². The molecule has 0 aliphatic carbocycles. The van der Waals surface area contributed by atoms with Crippen LogP contribution in [0.2, 0.25) is 0 Å². The van der Waals surface area contributed by atoms with Gasteiger partial charge in [-0.25, -0.2) is 0 Å². The van der Waals surface area contributed by atoms with E-state index >= 15 is 0 Å². The quantitative estimate of drug-likeness (QED) is 0.855. The van der Waals surface area contributed by atoms with E-state index in [0.29, 0.717) is 25.9 Å². The molecule has 132 valence electrons. The number of rotatable bonds is 3. The fourth-order valence-corrected chi connectivity index (χ4v) is 3.05. The van der Waals surface area contributed by atoms with Gasteiger partial charge in [0.25, 0.3) is 0 Å². The lowest BCUT2D eigenvalue weighted by atomic mass is 9.86. The fourth-order valence-electron chi connectivity index (χ4n) is 3.05. The van der Waals surface area contributed by atoms with E-state index in [9.17, 15) is 9.59 Å². The largest absolute Gasteiger partial charge is 0.341 e. The Labute approximate surface area is 145 Å². The standard InChI is InChI=1S/C20H30N2O2/c1-5-18(23)21-11-6-12-22(14-13-21)19(24)15-16-7-9-17(10-8-16)20(2,3)4/h7-10H,5-6,11-15H2,1-4H3. The number of benzene rings is 1. The predicted octanol–water partition coefficient (Wildman–Crippen LogP) is 3.00. The Morgan fingerprint density at radius 2 is 1.46 bits per heavy atom. The molecule has 2 amide bonds. The third-order valence-corrected chi connectivity index (χ3v) is 4.68. The maximum atomic E-state index is 12.6. The summed E-state index contributed by atoms with van der Waals surface area (Å²) in [6.07, 6.45) is 1.83. The van der Waals surface area contributed by atoms with Gasteiger partial charge in [0.05, 0.1) is 6.42 Å². The van der Waals surface area contributed by atoms with Crippen LogP contribution in [0.5, 0.6) is 0 Å². The third kappa shape index (κ3) is 4.83. The summed E-state index contributed by atoms with van der Waals surface area (Å²) in [4.78, 5) is 28.2. The number of carbonyl (C=O) groups excluding carboxylic acids is 2. The van der Waals surface area contributed by atoms with Crippen molar-refractivity contribution in [2.75, 3.05) is 26.2 Å². The number of nitrogens with zero attached hydrogens (tertiary/aromatic N) is 2. The van der Waals surface area contributed by atoms with Gasteiger partial charge in [-0.05, 0) is 23.0 Å². The van der Waals surface area contributed by atoms with Crippen molar-refractivity contribution >= 4 is 11.8 Å². The van der Waals surface area contributed by atoms with E-state index in [1.807, 2.05) is 16.7 Å². The normalized spacial score (nSPS) is 16.0. The van der Waals surface area contributed by atoms with Gasteiger partial charge >= 0.3 is 0 Å². The molecule has 24 heavy (non-hydrogen) atoms. The van der Waals surface area contributed by atoms with Gasteiger partial charge < -0.3 is 9.80 Å². The highest BCUT2D eigenvalue weighted by Gasteiger charge is 2.21. The first-order chi connectivity index (χ1) is 11.3. The van der Waals surface area contributed by atoms with E-state index in [2.05, 4.69) is 45.0 Å². The van der Waals surface area contributed by atoms with Crippen LogP contribution in [0.1, 0.15) is 51.7 Å². The molecule has 1 heterocycles. The molecule has 1 fully saturated rings. The lowest BCUT2D eigenvalue weighted by molar-refractivity contribution is -0.133. The molecular formula is C20H30N2O2. The van der Waals surface area contributed by atoms with Gasteiger partial charge in [-0.3, -0.25) is 9.59 Å². The zero-order chi connectivity index (χ0) is 17.7. The van der Waals surface area contributed by atoms with Crippen molar-refractivity contribution in [3.63, 3.8) is 0 Å². The average Bonchev–Trinajstić information content (AvgIpc) is 2.80. The minimum atomic E-state index is 0.128. The Kier molecular flexibility index (Phi) is 6.03. The predicted molar refractivity (Wildman–Crippen MR) is 96.9 cm³/mol. The first kappa shape index (κ1) is 18.5.